The number of benzene rings is 2. The van der Waals surface area contributed by atoms with Gasteiger partial charge in [-0.2, -0.15) is 0 Å². The van der Waals surface area contributed by atoms with Crippen LogP contribution in [0.5, 0.6) is 5.75 Å². The van der Waals surface area contributed by atoms with Gasteiger partial charge in [0.15, 0.2) is 6.10 Å². The molecule has 0 radical (unpaired) electrons. The average molecular weight is 599 g/mol. The van der Waals surface area contributed by atoms with Crippen LogP contribution in [0.2, 0.25) is 0 Å². The number of phenols is 1. The van der Waals surface area contributed by atoms with Gasteiger partial charge in [0.25, 0.3) is 11.8 Å². The third-order valence-corrected chi connectivity index (χ3v) is 9.30. The molecule has 1 unspecified atom stereocenters. The SMILES string of the molecule is Cc1c(O)cccc1C(=O)N[C@@H](Cc1ccccc1)[C@H](O)C(=O)N1CSC(C)(C)C1C(=O)NCCCN1CCOCC1. The minimum Gasteiger partial charge on any atom is -0.508 e. The molecular weight excluding hydrogens is 556 g/mol. The Bertz CT molecular complexity index is 1240. The van der Waals surface area contributed by atoms with Crippen LogP contribution in [-0.4, -0.2) is 106 Å². The van der Waals surface area contributed by atoms with Gasteiger partial charge in [0.1, 0.15) is 11.8 Å². The summed E-state index contributed by atoms with van der Waals surface area (Å²) in [5, 5.41) is 27.4. The van der Waals surface area contributed by atoms with Crippen LogP contribution in [0.3, 0.4) is 0 Å². The van der Waals surface area contributed by atoms with Crippen molar-refractivity contribution in [2.75, 3.05) is 45.3 Å². The molecule has 0 aliphatic carbocycles. The van der Waals surface area contributed by atoms with E-state index in [1.54, 1.807) is 19.1 Å². The molecule has 4 N–H and O–H groups in total. The van der Waals surface area contributed by atoms with Crippen molar-refractivity contribution in [3.63, 3.8) is 0 Å². The number of carbonyl (C=O) groups is 3. The Morgan fingerprint density at radius 3 is 2.52 bits per heavy atom. The van der Waals surface area contributed by atoms with Crippen LogP contribution in [0.4, 0.5) is 0 Å². The van der Waals surface area contributed by atoms with E-state index in [1.165, 1.54) is 22.7 Å². The van der Waals surface area contributed by atoms with Crippen LogP contribution in [0.1, 0.15) is 41.8 Å². The normalized spacial score (nSPS) is 20.1. The number of hydrogen-bond donors (Lipinski definition) is 4. The van der Waals surface area contributed by atoms with E-state index in [2.05, 4.69) is 15.5 Å². The van der Waals surface area contributed by atoms with Gasteiger partial charge in [-0.15, -0.1) is 11.8 Å². The summed E-state index contributed by atoms with van der Waals surface area (Å²) in [6.45, 7) is 10.0. The highest BCUT2D eigenvalue weighted by molar-refractivity contribution is 8.00. The molecule has 3 amide bonds. The molecule has 2 aromatic rings. The zero-order valence-electron chi connectivity index (χ0n) is 24.5. The molecular formula is C31H42N4O6S. The fourth-order valence-corrected chi connectivity index (χ4v) is 6.56. The third kappa shape index (κ3) is 7.83. The highest BCUT2D eigenvalue weighted by Crippen LogP contribution is 2.40. The van der Waals surface area contributed by atoms with Crippen LogP contribution in [0.15, 0.2) is 48.5 Å². The summed E-state index contributed by atoms with van der Waals surface area (Å²) < 4.78 is 4.82. The van der Waals surface area contributed by atoms with Crippen molar-refractivity contribution in [3.8, 4) is 5.75 Å². The number of carbonyl (C=O) groups excluding carboxylic acids is 3. The Morgan fingerprint density at radius 1 is 1.10 bits per heavy atom. The number of aliphatic hydroxyl groups excluding tert-OH is 1. The predicted molar refractivity (Wildman–Crippen MR) is 162 cm³/mol. The molecule has 0 aromatic heterocycles. The Balaban J connectivity index is 1.46. The standard InChI is InChI=1S/C31H42N4O6S/c1-21-23(11-7-12-25(21)36)28(38)33-24(19-22-9-5-4-6-10-22)26(37)30(40)35-20-42-31(2,3)27(35)29(39)32-13-8-14-34-15-17-41-18-16-34/h4-7,9-12,24,26-27,36-37H,8,13-20H2,1-3H3,(H,32,39)(H,33,38)/t24-,26-,27?/m0/s1. The second-order valence-electron chi connectivity index (χ2n) is 11.4. The maximum atomic E-state index is 13.8. The Kier molecular flexibility index (Phi) is 10.9. The van der Waals surface area contributed by atoms with E-state index in [1.807, 2.05) is 44.2 Å². The maximum absolute atomic E-state index is 13.8. The first-order chi connectivity index (χ1) is 20.1. The molecule has 3 atom stereocenters. The van der Waals surface area contributed by atoms with Gasteiger partial charge in [0.05, 0.1) is 25.1 Å². The highest BCUT2D eigenvalue weighted by Gasteiger charge is 2.49. The number of nitrogens with one attached hydrogen (secondary N) is 2. The molecule has 0 bridgehead atoms. The number of ether oxygens (including phenoxy) is 1. The molecule has 2 fully saturated rings. The van der Waals surface area contributed by atoms with E-state index in [4.69, 9.17) is 4.74 Å². The molecule has 2 heterocycles. The number of hydrogen-bond acceptors (Lipinski definition) is 8. The van der Waals surface area contributed by atoms with Crippen LogP contribution in [0.25, 0.3) is 0 Å². The van der Waals surface area contributed by atoms with Gasteiger partial charge >= 0.3 is 0 Å². The minimum absolute atomic E-state index is 0.0194. The first kappa shape index (κ1) is 31.8. The first-order valence-corrected chi connectivity index (χ1v) is 15.4. The fourth-order valence-electron chi connectivity index (χ4n) is 5.42. The Morgan fingerprint density at radius 2 is 1.81 bits per heavy atom. The fraction of sp³-hybridized carbons (Fsp3) is 0.516. The molecule has 0 spiro atoms. The number of thioether (sulfide) groups is 1. The largest absolute Gasteiger partial charge is 0.508 e. The van der Waals surface area contributed by atoms with Gasteiger partial charge in [-0.3, -0.25) is 19.3 Å². The Hall–Kier alpha value is -3.12. The topological polar surface area (TPSA) is 131 Å². The third-order valence-electron chi connectivity index (χ3n) is 7.93. The van der Waals surface area contributed by atoms with Gasteiger partial charge in [-0.25, -0.2) is 0 Å². The second kappa shape index (κ2) is 14.4. The average Bonchev–Trinajstić information content (AvgIpc) is 3.31. The summed E-state index contributed by atoms with van der Waals surface area (Å²) in [5.41, 5.74) is 1.48. The molecule has 11 heteroatoms. The quantitative estimate of drug-likeness (QED) is 0.289. The molecule has 2 aromatic carbocycles. The van der Waals surface area contributed by atoms with E-state index < -0.39 is 34.7 Å². The number of aromatic hydroxyl groups is 1. The molecule has 10 nitrogen and oxygen atoms in total. The molecule has 2 aliphatic rings. The summed E-state index contributed by atoms with van der Waals surface area (Å²) in [4.78, 5) is 44.2. The van der Waals surface area contributed by atoms with Crippen LogP contribution in [0, 0.1) is 6.92 Å². The lowest BCUT2D eigenvalue weighted by Gasteiger charge is -2.33. The number of phenolic OH excluding ortho intramolecular Hbond substituents is 1. The van der Waals surface area contributed by atoms with Gasteiger partial charge in [0, 0.05) is 35.5 Å². The van der Waals surface area contributed by atoms with Crippen molar-refractivity contribution < 1.29 is 29.3 Å². The maximum Gasteiger partial charge on any atom is 0.254 e. The van der Waals surface area contributed by atoms with Crippen molar-refractivity contribution in [3.05, 3.63) is 65.2 Å². The van der Waals surface area contributed by atoms with E-state index in [9.17, 15) is 24.6 Å². The first-order valence-electron chi connectivity index (χ1n) is 14.4. The summed E-state index contributed by atoms with van der Waals surface area (Å²) in [6.07, 6.45) is -0.625. The molecule has 228 valence electrons. The summed E-state index contributed by atoms with van der Waals surface area (Å²) in [6, 6.07) is 12.2. The number of rotatable bonds is 11. The number of aliphatic hydroxyl groups is 1. The lowest BCUT2D eigenvalue weighted by atomic mass is 9.96. The summed E-state index contributed by atoms with van der Waals surface area (Å²) in [5.74, 6) is -1.16. The van der Waals surface area contributed by atoms with Crippen molar-refractivity contribution in [1.29, 1.82) is 0 Å². The monoisotopic (exact) mass is 598 g/mol. The van der Waals surface area contributed by atoms with Crippen molar-refractivity contribution in [1.82, 2.24) is 20.4 Å². The zero-order valence-corrected chi connectivity index (χ0v) is 25.4. The van der Waals surface area contributed by atoms with Crippen LogP contribution >= 0.6 is 11.8 Å². The number of amides is 3. The highest BCUT2D eigenvalue weighted by atomic mass is 32.2. The molecule has 4 rings (SSSR count). The summed E-state index contributed by atoms with van der Waals surface area (Å²) >= 11 is 1.48. The predicted octanol–water partition coefficient (Wildman–Crippen LogP) is 1.92. The lowest BCUT2D eigenvalue weighted by molar-refractivity contribution is -0.147. The van der Waals surface area contributed by atoms with Gasteiger partial charge in [0.2, 0.25) is 5.91 Å². The molecule has 2 saturated heterocycles. The van der Waals surface area contributed by atoms with E-state index in [-0.39, 0.29) is 29.5 Å². The number of morpholine rings is 1. The van der Waals surface area contributed by atoms with Gasteiger partial charge in [-0.1, -0.05) is 36.4 Å². The van der Waals surface area contributed by atoms with E-state index in [0.29, 0.717) is 12.1 Å². The minimum atomic E-state index is -1.60. The number of nitrogens with zero attached hydrogens (tertiary/aromatic N) is 2. The van der Waals surface area contributed by atoms with Crippen molar-refractivity contribution in [2.24, 2.45) is 0 Å². The van der Waals surface area contributed by atoms with Crippen molar-refractivity contribution >= 4 is 29.5 Å². The molecule has 2 aliphatic heterocycles. The van der Waals surface area contributed by atoms with Gasteiger partial charge < -0.3 is 30.5 Å². The lowest BCUT2D eigenvalue weighted by Crippen LogP contribution is -2.58. The smallest absolute Gasteiger partial charge is 0.254 e. The van der Waals surface area contributed by atoms with Crippen molar-refractivity contribution in [2.45, 2.75) is 56.5 Å². The van der Waals surface area contributed by atoms with E-state index in [0.717, 1.165) is 44.8 Å². The van der Waals surface area contributed by atoms with E-state index >= 15 is 0 Å². The summed E-state index contributed by atoms with van der Waals surface area (Å²) in [7, 11) is 0. The van der Waals surface area contributed by atoms with Gasteiger partial charge in [-0.05, 0) is 57.9 Å². The zero-order chi connectivity index (χ0) is 30.3. The second-order valence-corrected chi connectivity index (χ2v) is 12.9. The molecule has 42 heavy (non-hydrogen) atoms. The van der Waals surface area contributed by atoms with Crippen LogP contribution in [-0.2, 0) is 20.7 Å². The molecule has 0 saturated carbocycles. The van der Waals surface area contributed by atoms with Crippen LogP contribution < -0.4 is 10.6 Å². The Labute approximate surface area is 251 Å².